The maximum atomic E-state index is 12.6. The van der Waals surface area contributed by atoms with Crippen molar-refractivity contribution < 1.29 is 22.8 Å². The highest BCUT2D eigenvalue weighted by atomic mass is 32.2. The number of nitrogens with zero attached hydrogens (tertiary/aromatic N) is 1. The van der Waals surface area contributed by atoms with E-state index in [4.69, 9.17) is 0 Å². The number of Topliss-reactive ketones (excluding diaryl/α,β-unsaturated/α-hetero) is 1. The topological polar surface area (TPSA) is 113 Å². The van der Waals surface area contributed by atoms with Crippen molar-refractivity contribution in [1.29, 1.82) is 0 Å². The molecule has 2 N–H and O–H groups in total. The van der Waals surface area contributed by atoms with Crippen LogP contribution in [0.5, 0.6) is 0 Å². The van der Waals surface area contributed by atoms with Gasteiger partial charge in [-0.3, -0.25) is 18.7 Å². The molecule has 152 valence electrons. The Morgan fingerprint density at radius 3 is 2.55 bits per heavy atom. The number of anilines is 2. The van der Waals surface area contributed by atoms with Gasteiger partial charge in [-0.15, -0.1) is 0 Å². The van der Waals surface area contributed by atoms with Gasteiger partial charge in [-0.05, 0) is 37.1 Å². The number of benzene rings is 2. The molecule has 2 aromatic carbocycles. The van der Waals surface area contributed by atoms with Crippen molar-refractivity contribution in [2.24, 2.45) is 0 Å². The second kappa shape index (κ2) is 8.44. The third kappa shape index (κ3) is 4.80. The first-order chi connectivity index (χ1) is 13.8. The fraction of sp³-hybridized carbons (Fsp3) is 0.250. The van der Waals surface area contributed by atoms with Gasteiger partial charge in [0.05, 0.1) is 11.4 Å². The van der Waals surface area contributed by atoms with E-state index in [1.54, 1.807) is 30.3 Å². The molecule has 2 aromatic rings. The SMILES string of the molecule is CC(=O)c1cccc(NC(=O)C(=O)NCCS(=O)(=O)N2CCc3ccccc32)c1. The van der Waals surface area contributed by atoms with Crippen molar-refractivity contribution >= 4 is 39.0 Å². The standard InChI is InChI=1S/C20H21N3O5S/c1-14(24)16-6-4-7-17(13-16)22-20(26)19(25)21-10-12-29(27,28)23-11-9-15-5-2-3-8-18(15)23/h2-8,13H,9-12H2,1H3,(H,21,25)(H,22,26). The minimum Gasteiger partial charge on any atom is -0.347 e. The molecule has 0 radical (unpaired) electrons. The summed E-state index contributed by atoms with van der Waals surface area (Å²) in [6.07, 6.45) is 0.642. The zero-order valence-electron chi connectivity index (χ0n) is 15.8. The lowest BCUT2D eigenvalue weighted by Gasteiger charge is -2.19. The summed E-state index contributed by atoms with van der Waals surface area (Å²) < 4.78 is 26.5. The number of carbonyl (C=O) groups is 3. The van der Waals surface area contributed by atoms with E-state index in [0.717, 1.165) is 5.56 Å². The predicted octanol–water partition coefficient (Wildman–Crippen LogP) is 1.34. The molecule has 9 heteroatoms. The van der Waals surface area contributed by atoms with Gasteiger partial charge in [0.2, 0.25) is 10.0 Å². The second-order valence-electron chi connectivity index (χ2n) is 6.61. The molecule has 1 aliphatic heterocycles. The molecule has 8 nitrogen and oxygen atoms in total. The number of hydrogen-bond acceptors (Lipinski definition) is 5. The van der Waals surface area contributed by atoms with Crippen LogP contribution in [0, 0.1) is 0 Å². The van der Waals surface area contributed by atoms with Gasteiger partial charge >= 0.3 is 11.8 Å². The van der Waals surface area contributed by atoms with E-state index >= 15 is 0 Å². The van der Waals surface area contributed by atoms with Gasteiger partial charge in [0, 0.05) is 24.3 Å². The van der Waals surface area contributed by atoms with Crippen LogP contribution in [0.1, 0.15) is 22.8 Å². The van der Waals surface area contributed by atoms with Crippen LogP contribution in [0.25, 0.3) is 0 Å². The molecule has 0 aromatic heterocycles. The Bertz CT molecular complexity index is 1070. The number of para-hydroxylation sites is 1. The summed E-state index contributed by atoms with van der Waals surface area (Å²) in [4.78, 5) is 35.4. The zero-order valence-corrected chi connectivity index (χ0v) is 16.7. The Morgan fingerprint density at radius 1 is 1.03 bits per heavy atom. The molecule has 0 atom stereocenters. The van der Waals surface area contributed by atoms with E-state index in [0.29, 0.717) is 29.9 Å². The second-order valence-corrected chi connectivity index (χ2v) is 8.63. The van der Waals surface area contributed by atoms with E-state index in [-0.39, 0.29) is 18.1 Å². The molecule has 0 saturated heterocycles. The minimum atomic E-state index is -3.62. The third-order valence-corrected chi connectivity index (χ3v) is 6.33. The Kier molecular flexibility index (Phi) is 5.97. The molecule has 0 unspecified atom stereocenters. The van der Waals surface area contributed by atoms with Gasteiger partial charge in [-0.2, -0.15) is 0 Å². The summed E-state index contributed by atoms with van der Waals surface area (Å²) in [6, 6.07) is 13.5. The highest BCUT2D eigenvalue weighted by Gasteiger charge is 2.29. The van der Waals surface area contributed by atoms with Crippen LogP contribution in [0.2, 0.25) is 0 Å². The molecule has 2 amide bonds. The number of carbonyl (C=O) groups excluding carboxylic acids is 3. The molecule has 3 rings (SSSR count). The summed E-state index contributed by atoms with van der Waals surface area (Å²) in [6.45, 7) is 1.57. The van der Waals surface area contributed by atoms with Crippen LogP contribution in [-0.2, 0) is 26.0 Å². The first-order valence-corrected chi connectivity index (χ1v) is 10.7. The summed E-state index contributed by atoms with van der Waals surface area (Å²) in [7, 11) is -3.62. The number of rotatable bonds is 6. The third-order valence-electron chi connectivity index (χ3n) is 4.56. The number of nitrogens with one attached hydrogen (secondary N) is 2. The van der Waals surface area contributed by atoms with Crippen molar-refractivity contribution in [1.82, 2.24) is 5.32 Å². The molecular weight excluding hydrogens is 394 g/mol. The molecule has 0 bridgehead atoms. The van der Waals surface area contributed by atoms with Crippen molar-refractivity contribution in [2.45, 2.75) is 13.3 Å². The maximum absolute atomic E-state index is 12.6. The summed E-state index contributed by atoms with van der Waals surface area (Å²) in [5.41, 5.74) is 2.33. The van der Waals surface area contributed by atoms with Crippen LogP contribution >= 0.6 is 0 Å². The lowest BCUT2D eigenvalue weighted by Crippen LogP contribution is -2.40. The van der Waals surface area contributed by atoms with Gasteiger partial charge in [0.1, 0.15) is 0 Å². The van der Waals surface area contributed by atoms with Crippen LogP contribution in [0.15, 0.2) is 48.5 Å². The number of sulfonamides is 1. The van der Waals surface area contributed by atoms with Gasteiger partial charge in [-0.25, -0.2) is 8.42 Å². The number of fused-ring (bicyclic) bond motifs is 1. The van der Waals surface area contributed by atoms with Gasteiger partial charge in [0.15, 0.2) is 5.78 Å². The smallest absolute Gasteiger partial charge is 0.313 e. The maximum Gasteiger partial charge on any atom is 0.313 e. The molecule has 0 fully saturated rings. The van der Waals surface area contributed by atoms with E-state index in [2.05, 4.69) is 10.6 Å². The molecule has 29 heavy (non-hydrogen) atoms. The Morgan fingerprint density at radius 2 is 1.79 bits per heavy atom. The van der Waals surface area contributed by atoms with Crippen LogP contribution < -0.4 is 14.9 Å². The van der Waals surface area contributed by atoms with Crippen LogP contribution in [0.3, 0.4) is 0 Å². The summed E-state index contributed by atoms with van der Waals surface area (Å²) in [5.74, 6) is -2.37. The van der Waals surface area contributed by atoms with Crippen molar-refractivity contribution in [3.8, 4) is 0 Å². The normalized spacial score (nSPS) is 12.9. The molecule has 0 saturated carbocycles. The fourth-order valence-electron chi connectivity index (χ4n) is 3.08. The van der Waals surface area contributed by atoms with Gasteiger partial charge < -0.3 is 10.6 Å². The summed E-state index contributed by atoms with van der Waals surface area (Å²) in [5, 5.41) is 4.71. The van der Waals surface area contributed by atoms with Crippen molar-refractivity contribution in [3.63, 3.8) is 0 Å². The first kappa shape index (κ1) is 20.5. The lowest BCUT2D eigenvalue weighted by molar-refractivity contribution is -0.136. The Balaban J connectivity index is 1.53. The van der Waals surface area contributed by atoms with E-state index in [1.807, 2.05) is 12.1 Å². The molecule has 0 spiro atoms. The quantitative estimate of drug-likeness (QED) is 0.546. The number of hydrogen-bond donors (Lipinski definition) is 2. The number of ketones is 1. The largest absolute Gasteiger partial charge is 0.347 e. The Labute approximate surface area is 169 Å². The van der Waals surface area contributed by atoms with Crippen molar-refractivity contribution in [2.75, 3.05) is 28.5 Å². The van der Waals surface area contributed by atoms with E-state index < -0.39 is 21.8 Å². The van der Waals surface area contributed by atoms with Crippen LogP contribution in [0.4, 0.5) is 11.4 Å². The van der Waals surface area contributed by atoms with Crippen LogP contribution in [-0.4, -0.2) is 44.9 Å². The lowest BCUT2D eigenvalue weighted by atomic mass is 10.1. The molecular formula is C20H21N3O5S. The summed E-state index contributed by atoms with van der Waals surface area (Å²) >= 11 is 0. The molecule has 1 heterocycles. The molecule has 1 aliphatic rings. The highest BCUT2D eigenvalue weighted by molar-refractivity contribution is 7.92. The molecule has 0 aliphatic carbocycles. The van der Waals surface area contributed by atoms with E-state index in [9.17, 15) is 22.8 Å². The predicted molar refractivity (Wildman–Crippen MR) is 109 cm³/mol. The fourth-order valence-corrected chi connectivity index (χ4v) is 4.51. The minimum absolute atomic E-state index is 0.167. The van der Waals surface area contributed by atoms with Gasteiger partial charge in [0.25, 0.3) is 0 Å². The number of amides is 2. The monoisotopic (exact) mass is 415 g/mol. The Hall–Kier alpha value is -3.20. The average Bonchev–Trinajstić information content (AvgIpc) is 3.13. The highest BCUT2D eigenvalue weighted by Crippen LogP contribution is 2.29. The average molecular weight is 415 g/mol. The first-order valence-electron chi connectivity index (χ1n) is 9.06. The zero-order chi connectivity index (χ0) is 21.0. The van der Waals surface area contributed by atoms with E-state index in [1.165, 1.54) is 17.3 Å². The van der Waals surface area contributed by atoms with Crippen molar-refractivity contribution in [3.05, 3.63) is 59.7 Å². The van der Waals surface area contributed by atoms with Gasteiger partial charge in [-0.1, -0.05) is 30.3 Å².